The average molecular weight is 923 g/mol. The highest BCUT2D eigenvalue weighted by Crippen LogP contribution is 2.16. The highest BCUT2D eigenvalue weighted by Gasteiger charge is 2.23. The van der Waals surface area contributed by atoms with Crippen LogP contribution in [0.25, 0.3) is 34.6 Å². The minimum absolute atomic E-state index is 0.0261. The van der Waals surface area contributed by atoms with Crippen LogP contribution in [0.15, 0.2) is 102 Å². The van der Waals surface area contributed by atoms with Crippen LogP contribution in [0.4, 0.5) is 17.8 Å². The van der Waals surface area contributed by atoms with Gasteiger partial charge in [0, 0.05) is 74.0 Å². The van der Waals surface area contributed by atoms with Crippen LogP contribution < -0.4 is 32.0 Å². The van der Waals surface area contributed by atoms with Gasteiger partial charge in [-0.05, 0) is 79.5 Å². The summed E-state index contributed by atoms with van der Waals surface area (Å²) in [6.07, 6.45) is 9.87. The monoisotopic (exact) mass is 922 g/mol. The van der Waals surface area contributed by atoms with E-state index in [0.29, 0.717) is 35.5 Å². The molecule has 23 heteroatoms. The second-order valence-corrected chi connectivity index (χ2v) is 16.6. The number of anilines is 3. The number of benzene rings is 2. The third-order valence-electron chi connectivity index (χ3n) is 9.72. The SMILES string of the molecule is COCCCc1ccc(CCN)cc1.COCCCc1ccc(CCNc2nc(N)n3nc(-c4cccc[n+]4O)nc3n2)cc1.CS(=O)(=O)c1nc(N)n2nc(-c3cccc[n+]3O)nc2n1. The molecule has 0 aliphatic rings. The van der Waals surface area contributed by atoms with Crippen molar-refractivity contribution in [3.8, 4) is 23.0 Å². The predicted molar refractivity (Wildman–Crippen MR) is 243 cm³/mol. The lowest BCUT2D eigenvalue weighted by molar-refractivity contribution is -0.896. The molecule has 0 saturated heterocycles. The van der Waals surface area contributed by atoms with Crippen molar-refractivity contribution in [3.05, 3.63) is 120 Å². The summed E-state index contributed by atoms with van der Waals surface area (Å²) in [5.74, 6) is 1.07. The highest BCUT2D eigenvalue weighted by molar-refractivity contribution is 7.90. The Bertz CT molecular complexity index is 2930. The number of rotatable bonds is 17. The minimum Gasteiger partial charge on any atom is -0.385 e. The first-order valence-electron chi connectivity index (χ1n) is 20.9. The molecular formula is C43H54N16O6S+2. The van der Waals surface area contributed by atoms with E-state index in [4.69, 9.17) is 26.7 Å². The fraction of sp³-hybridized carbons (Fsp3) is 0.302. The molecule has 9 N–H and O–H groups in total. The van der Waals surface area contributed by atoms with Crippen molar-refractivity contribution in [3.63, 3.8) is 0 Å². The summed E-state index contributed by atoms with van der Waals surface area (Å²) in [4.78, 5) is 24.5. The first-order chi connectivity index (χ1) is 31.9. The Kier molecular flexibility index (Phi) is 16.7. The zero-order valence-corrected chi connectivity index (χ0v) is 37.7. The average Bonchev–Trinajstić information content (AvgIpc) is 3.94. The van der Waals surface area contributed by atoms with Gasteiger partial charge in [-0.15, -0.1) is 10.2 Å². The largest absolute Gasteiger partial charge is 0.385 e. The first kappa shape index (κ1) is 48.0. The number of hydrogen-bond acceptors (Lipinski definition) is 18. The summed E-state index contributed by atoms with van der Waals surface area (Å²) in [5, 5.41) is 30.7. The van der Waals surface area contributed by atoms with E-state index in [0.717, 1.165) is 78.5 Å². The van der Waals surface area contributed by atoms with E-state index in [1.807, 2.05) is 0 Å². The van der Waals surface area contributed by atoms with Crippen LogP contribution in [-0.2, 0) is 45.0 Å². The van der Waals surface area contributed by atoms with Gasteiger partial charge in [0.15, 0.2) is 0 Å². The number of ether oxygens (including phenoxy) is 2. The smallest absolute Gasteiger partial charge is 0.303 e. The fourth-order valence-electron chi connectivity index (χ4n) is 6.35. The predicted octanol–water partition coefficient (Wildman–Crippen LogP) is 1.99. The summed E-state index contributed by atoms with van der Waals surface area (Å²) >= 11 is 0. The molecule has 0 fully saturated rings. The molecule has 0 radical (unpaired) electrons. The van der Waals surface area contributed by atoms with E-state index in [2.05, 4.69) is 93.9 Å². The minimum atomic E-state index is -3.62. The molecule has 0 atom stereocenters. The quantitative estimate of drug-likeness (QED) is 0.0432. The van der Waals surface area contributed by atoms with E-state index >= 15 is 0 Å². The molecule has 0 aliphatic carbocycles. The Balaban J connectivity index is 0.000000178. The summed E-state index contributed by atoms with van der Waals surface area (Å²) in [7, 11) is -0.155. The normalized spacial score (nSPS) is 11.2. The molecule has 346 valence electrons. The zero-order chi connectivity index (χ0) is 47.1. The molecule has 8 aromatic rings. The molecule has 0 bridgehead atoms. The van der Waals surface area contributed by atoms with E-state index in [1.54, 1.807) is 50.6 Å². The van der Waals surface area contributed by atoms with Gasteiger partial charge in [0.05, 0.1) is 0 Å². The number of methoxy groups -OCH3 is 2. The van der Waals surface area contributed by atoms with Crippen molar-refractivity contribution in [2.75, 3.05) is 63.6 Å². The Labute approximate surface area is 380 Å². The van der Waals surface area contributed by atoms with E-state index in [9.17, 15) is 18.8 Å². The zero-order valence-electron chi connectivity index (χ0n) is 36.8. The van der Waals surface area contributed by atoms with Gasteiger partial charge in [-0.2, -0.15) is 38.9 Å². The van der Waals surface area contributed by atoms with Gasteiger partial charge in [-0.3, -0.25) is 10.4 Å². The van der Waals surface area contributed by atoms with Crippen LogP contribution in [0.5, 0.6) is 0 Å². The number of nitrogens with two attached hydrogens (primary N) is 3. The lowest BCUT2D eigenvalue weighted by Crippen LogP contribution is -2.32. The van der Waals surface area contributed by atoms with Gasteiger partial charge in [0.1, 0.15) is 0 Å². The van der Waals surface area contributed by atoms with Crippen LogP contribution in [0.3, 0.4) is 0 Å². The lowest BCUT2D eigenvalue weighted by atomic mass is 10.1. The Morgan fingerprint density at radius 2 is 1.08 bits per heavy atom. The molecule has 8 rings (SSSR count). The van der Waals surface area contributed by atoms with Crippen molar-refractivity contribution in [1.82, 2.24) is 49.1 Å². The van der Waals surface area contributed by atoms with Crippen LogP contribution >= 0.6 is 0 Å². The second-order valence-electron chi connectivity index (χ2n) is 14.7. The fourth-order valence-corrected chi connectivity index (χ4v) is 6.85. The molecule has 0 saturated carbocycles. The Morgan fingerprint density at radius 1 is 0.621 bits per heavy atom. The number of pyridine rings is 2. The number of aryl methyl sites for hydroxylation is 2. The van der Waals surface area contributed by atoms with Gasteiger partial charge in [-0.25, -0.2) is 8.42 Å². The molecule has 6 aromatic heterocycles. The van der Waals surface area contributed by atoms with Gasteiger partial charge >= 0.3 is 11.4 Å². The number of hydrogen-bond donors (Lipinski definition) is 6. The molecule has 2 aromatic carbocycles. The second kappa shape index (κ2) is 22.9. The Morgan fingerprint density at radius 3 is 1.53 bits per heavy atom. The molecule has 0 aliphatic heterocycles. The lowest BCUT2D eigenvalue weighted by Gasteiger charge is -2.07. The number of nitrogen functional groups attached to an aromatic ring is 2. The summed E-state index contributed by atoms with van der Waals surface area (Å²) in [6, 6.07) is 27.3. The van der Waals surface area contributed by atoms with Crippen molar-refractivity contribution in [2.45, 2.75) is 43.7 Å². The maximum absolute atomic E-state index is 11.5. The summed E-state index contributed by atoms with van der Waals surface area (Å²) < 4.78 is 37.3. The Hall–Kier alpha value is -7.47. The first-order valence-corrected chi connectivity index (χ1v) is 22.7. The third-order valence-corrected chi connectivity index (χ3v) is 10.6. The highest BCUT2D eigenvalue weighted by atomic mass is 32.2. The van der Waals surface area contributed by atoms with E-state index < -0.39 is 15.0 Å². The van der Waals surface area contributed by atoms with Crippen molar-refractivity contribution in [2.24, 2.45) is 5.73 Å². The number of nitrogens with zero attached hydrogens (tertiary/aromatic N) is 12. The maximum Gasteiger partial charge on any atom is 0.303 e. The number of sulfone groups is 1. The third kappa shape index (κ3) is 13.1. The number of nitrogens with one attached hydrogen (secondary N) is 1. The summed E-state index contributed by atoms with van der Waals surface area (Å²) in [6.45, 7) is 2.99. The van der Waals surface area contributed by atoms with Crippen LogP contribution in [-0.4, -0.2) is 115 Å². The topological polar surface area (TPSA) is 303 Å². The molecule has 0 spiro atoms. The standard InChI is InChI=1S/C21H25N8O2.C12H19NO.C10H10N7O3S/c1-31-14-4-5-15-7-9-16(10-8-15)11-12-23-20-25-19(22)29-21(26-20)24-18(27-29)17-6-2-3-13-28(17)30;1-14-10-2-3-11-4-6-12(7-5-11)8-9-13;1-21(19,20)10-13-8(11)17-9(14-10)12-7(15-17)6-4-2-3-5-16(6)18/h2-3,6-10,13,30H,4-5,11-12,14H2,1H3,(H3,22,23,24,25,26,27);4-7H,2-3,8-10,13H2,1H3;2-5,18H,1H3,(H2,11,12,13,14,15)/q+1;;+1. The molecule has 22 nitrogen and oxygen atoms in total. The van der Waals surface area contributed by atoms with Gasteiger partial charge in [0.25, 0.3) is 28.4 Å². The molecule has 0 amide bonds. The van der Waals surface area contributed by atoms with E-state index in [1.165, 1.54) is 39.2 Å². The molecule has 66 heavy (non-hydrogen) atoms. The van der Waals surface area contributed by atoms with Gasteiger partial charge < -0.3 is 32.0 Å². The molecular weight excluding hydrogens is 869 g/mol. The summed E-state index contributed by atoms with van der Waals surface area (Å²) in [5.41, 5.74) is 23.1. The number of aromatic nitrogens is 12. The van der Waals surface area contributed by atoms with Crippen molar-refractivity contribution >= 4 is 39.2 Å². The number of fused-ring (bicyclic) bond motifs is 2. The van der Waals surface area contributed by atoms with E-state index in [-0.39, 0.29) is 23.5 Å². The molecule has 0 unspecified atom stereocenters. The van der Waals surface area contributed by atoms with Crippen LogP contribution in [0.1, 0.15) is 35.1 Å². The maximum atomic E-state index is 11.5. The van der Waals surface area contributed by atoms with Gasteiger partial charge in [0.2, 0.25) is 40.1 Å². The van der Waals surface area contributed by atoms with Crippen molar-refractivity contribution in [1.29, 1.82) is 0 Å². The molecule has 6 heterocycles. The van der Waals surface area contributed by atoms with Crippen LogP contribution in [0.2, 0.25) is 0 Å². The van der Waals surface area contributed by atoms with Gasteiger partial charge in [-0.1, -0.05) is 48.5 Å². The van der Waals surface area contributed by atoms with Crippen molar-refractivity contribution < 1.29 is 37.8 Å². The van der Waals surface area contributed by atoms with Crippen LogP contribution in [0, 0.1) is 0 Å².